The van der Waals surface area contributed by atoms with Crippen molar-refractivity contribution in [2.75, 3.05) is 37.7 Å². The van der Waals surface area contributed by atoms with Crippen molar-refractivity contribution in [3.63, 3.8) is 0 Å². The van der Waals surface area contributed by atoms with E-state index in [0.717, 1.165) is 25.1 Å². The monoisotopic (exact) mass is 391 g/mol. The van der Waals surface area contributed by atoms with Gasteiger partial charge >= 0.3 is 0 Å². The van der Waals surface area contributed by atoms with Crippen molar-refractivity contribution < 1.29 is 9.53 Å². The van der Waals surface area contributed by atoms with Crippen LogP contribution in [0.3, 0.4) is 0 Å². The van der Waals surface area contributed by atoms with Crippen LogP contribution in [0.5, 0.6) is 5.88 Å². The third-order valence-corrected chi connectivity index (χ3v) is 4.41. The van der Waals surface area contributed by atoms with Crippen LogP contribution < -0.4 is 15.4 Å². The number of anilines is 1. The summed E-state index contributed by atoms with van der Waals surface area (Å²) in [5, 5.41) is 0. The Kier molecular flexibility index (Phi) is 7.82. The zero-order valence-electron chi connectivity index (χ0n) is 15.5. The summed E-state index contributed by atoms with van der Waals surface area (Å²) in [5.74, 6) is 1.28. The van der Waals surface area contributed by atoms with Crippen LogP contribution in [0.25, 0.3) is 0 Å². The van der Waals surface area contributed by atoms with E-state index in [1.165, 1.54) is 0 Å². The smallest absolute Gasteiger partial charge is 0.253 e. The fourth-order valence-electron chi connectivity index (χ4n) is 3.00. The number of amides is 1. The Morgan fingerprint density at radius 3 is 2.63 bits per heavy atom. The highest BCUT2D eigenvalue weighted by Gasteiger charge is 2.21. The van der Waals surface area contributed by atoms with E-state index in [9.17, 15) is 4.79 Å². The number of halogens is 1. The second-order valence-electron chi connectivity index (χ2n) is 6.16. The van der Waals surface area contributed by atoms with Gasteiger partial charge in [-0.05, 0) is 31.0 Å². The fraction of sp³-hybridized carbons (Fsp3) is 0.421. The van der Waals surface area contributed by atoms with Crippen molar-refractivity contribution in [2.45, 2.75) is 19.9 Å². The third-order valence-electron chi connectivity index (χ3n) is 4.41. The Bertz CT molecular complexity index is 741. The summed E-state index contributed by atoms with van der Waals surface area (Å²) in [6, 6.07) is 9.27. The molecule has 0 aliphatic carbocycles. The molecule has 0 atom stereocenters. The maximum Gasteiger partial charge on any atom is 0.253 e. The topological polar surface area (TPSA) is 84.6 Å². The molecule has 1 aliphatic heterocycles. The number of nitrogens with zero attached hydrogens (tertiary/aromatic N) is 4. The number of ether oxygens (including phenoxy) is 1. The number of rotatable bonds is 5. The molecule has 7 nitrogen and oxygen atoms in total. The zero-order valence-corrected chi connectivity index (χ0v) is 16.3. The first kappa shape index (κ1) is 20.9. The van der Waals surface area contributed by atoms with Gasteiger partial charge in [-0.15, -0.1) is 12.4 Å². The molecule has 1 aromatic heterocycles. The lowest BCUT2D eigenvalue weighted by atomic mass is 10.1. The maximum absolute atomic E-state index is 12.8. The quantitative estimate of drug-likeness (QED) is 0.840. The van der Waals surface area contributed by atoms with Crippen LogP contribution in [0.1, 0.15) is 29.3 Å². The molecule has 3 rings (SSSR count). The molecule has 8 heteroatoms. The first-order valence-corrected chi connectivity index (χ1v) is 9.00. The second-order valence-corrected chi connectivity index (χ2v) is 6.16. The van der Waals surface area contributed by atoms with Crippen LogP contribution in [0.15, 0.2) is 36.5 Å². The number of aromatic nitrogens is 2. The number of hydrogen-bond donors (Lipinski definition) is 1. The highest BCUT2D eigenvalue weighted by atomic mass is 35.5. The normalized spacial score (nSPS) is 14.3. The van der Waals surface area contributed by atoms with Crippen molar-refractivity contribution in [3.8, 4) is 5.88 Å². The van der Waals surface area contributed by atoms with Gasteiger partial charge < -0.3 is 20.3 Å². The van der Waals surface area contributed by atoms with Crippen LogP contribution in [0.2, 0.25) is 0 Å². The highest BCUT2D eigenvalue weighted by Crippen LogP contribution is 2.16. The summed E-state index contributed by atoms with van der Waals surface area (Å²) < 4.78 is 5.45. The van der Waals surface area contributed by atoms with Crippen LogP contribution in [0.4, 0.5) is 5.95 Å². The molecule has 0 spiro atoms. The van der Waals surface area contributed by atoms with E-state index in [-0.39, 0.29) is 18.3 Å². The van der Waals surface area contributed by atoms with E-state index in [4.69, 9.17) is 10.5 Å². The molecule has 1 amide bonds. The molecule has 0 bridgehead atoms. The van der Waals surface area contributed by atoms with E-state index in [0.29, 0.717) is 43.6 Å². The average Bonchev–Trinajstić information content (AvgIpc) is 2.94. The van der Waals surface area contributed by atoms with Gasteiger partial charge in [0.05, 0.1) is 6.61 Å². The number of nitrogens with two attached hydrogens (primary N) is 1. The van der Waals surface area contributed by atoms with Gasteiger partial charge in [0.2, 0.25) is 11.8 Å². The van der Waals surface area contributed by atoms with Gasteiger partial charge in [0.15, 0.2) is 0 Å². The summed E-state index contributed by atoms with van der Waals surface area (Å²) in [6.45, 7) is 5.85. The van der Waals surface area contributed by atoms with Gasteiger partial charge in [-0.3, -0.25) is 4.79 Å². The largest absolute Gasteiger partial charge is 0.478 e. The average molecular weight is 392 g/mol. The van der Waals surface area contributed by atoms with Gasteiger partial charge in [-0.25, -0.2) is 4.98 Å². The van der Waals surface area contributed by atoms with E-state index in [2.05, 4.69) is 14.9 Å². The molecule has 1 fully saturated rings. The van der Waals surface area contributed by atoms with Gasteiger partial charge in [-0.2, -0.15) is 4.98 Å². The molecule has 1 aromatic carbocycles. The number of benzene rings is 1. The third kappa shape index (κ3) is 5.30. The lowest BCUT2D eigenvalue weighted by molar-refractivity contribution is 0.0767. The lowest BCUT2D eigenvalue weighted by Gasteiger charge is -2.22. The van der Waals surface area contributed by atoms with Crippen molar-refractivity contribution in [1.29, 1.82) is 0 Å². The minimum atomic E-state index is 0. The molecule has 27 heavy (non-hydrogen) atoms. The Balaban J connectivity index is 0.00000261. The minimum absolute atomic E-state index is 0. The van der Waals surface area contributed by atoms with Gasteiger partial charge in [0.1, 0.15) is 0 Å². The lowest BCUT2D eigenvalue weighted by Crippen LogP contribution is -2.35. The van der Waals surface area contributed by atoms with E-state index in [1.807, 2.05) is 36.1 Å². The molecule has 0 unspecified atom stereocenters. The van der Waals surface area contributed by atoms with E-state index in [1.54, 1.807) is 12.3 Å². The van der Waals surface area contributed by atoms with E-state index < -0.39 is 0 Å². The first-order chi connectivity index (χ1) is 12.7. The highest BCUT2D eigenvalue weighted by molar-refractivity contribution is 5.94. The fourth-order valence-corrected chi connectivity index (χ4v) is 3.00. The predicted molar refractivity (Wildman–Crippen MR) is 108 cm³/mol. The van der Waals surface area contributed by atoms with Crippen LogP contribution >= 0.6 is 12.4 Å². The molecule has 2 aromatic rings. The summed E-state index contributed by atoms with van der Waals surface area (Å²) in [6.07, 6.45) is 2.58. The van der Waals surface area contributed by atoms with Crippen molar-refractivity contribution >= 4 is 24.3 Å². The molecule has 0 radical (unpaired) electrons. The molecule has 1 aliphatic rings. The van der Waals surface area contributed by atoms with Crippen LogP contribution in [0, 0.1) is 0 Å². The Morgan fingerprint density at radius 1 is 1.15 bits per heavy atom. The SMILES string of the molecule is CCOc1ccnc(N2CCCN(C(=O)c3ccc(CN)cc3)CC2)n1.Cl. The molecule has 0 saturated carbocycles. The maximum atomic E-state index is 12.8. The summed E-state index contributed by atoms with van der Waals surface area (Å²) in [5.41, 5.74) is 7.34. The van der Waals surface area contributed by atoms with Crippen molar-refractivity contribution in [2.24, 2.45) is 5.73 Å². The van der Waals surface area contributed by atoms with Gasteiger partial charge in [0.25, 0.3) is 5.91 Å². The number of hydrogen-bond acceptors (Lipinski definition) is 6. The Labute approximate surface area is 165 Å². The Morgan fingerprint density at radius 2 is 1.93 bits per heavy atom. The molecule has 146 valence electrons. The van der Waals surface area contributed by atoms with Gasteiger partial charge in [0, 0.05) is 50.6 Å². The summed E-state index contributed by atoms with van der Waals surface area (Å²) in [7, 11) is 0. The van der Waals surface area contributed by atoms with Crippen LogP contribution in [-0.4, -0.2) is 53.6 Å². The zero-order chi connectivity index (χ0) is 18.4. The number of carbonyl (C=O) groups excluding carboxylic acids is 1. The summed E-state index contributed by atoms with van der Waals surface area (Å²) in [4.78, 5) is 25.6. The minimum Gasteiger partial charge on any atom is -0.478 e. The number of carbonyl (C=O) groups is 1. The molecule has 1 saturated heterocycles. The van der Waals surface area contributed by atoms with E-state index >= 15 is 0 Å². The Hall–Kier alpha value is -2.38. The van der Waals surface area contributed by atoms with Gasteiger partial charge in [-0.1, -0.05) is 12.1 Å². The van der Waals surface area contributed by atoms with Crippen LogP contribution in [-0.2, 0) is 6.54 Å². The van der Waals surface area contributed by atoms with Crippen molar-refractivity contribution in [1.82, 2.24) is 14.9 Å². The molecule has 2 N–H and O–H groups in total. The molecular weight excluding hydrogens is 366 g/mol. The standard InChI is InChI=1S/C19H25N5O2.ClH/c1-2-26-17-8-9-21-19(22-17)24-11-3-10-23(12-13-24)18(25)16-6-4-15(14-20)5-7-16;/h4-9H,2-3,10-14,20H2,1H3;1H. The molecular formula is C19H26ClN5O2. The summed E-state index contributed by atoms with van der Waals surface area (Å²) >= 11 is 0. The van der Waals surface area contributed by atoms with Crippen molar-refractivity contribution in [3.05, 3.63) is 47.7 Å². The predicted octanol–water partition coefficient (Wildman–Crippen LogP) is 2.11. The first-order valence-electron chi connectivity index (χ1n) is 9.00. The molecule has 2 heterocycles. The second kappa shape index (κ2) is 10.1.